The topological polar surface area (TPSA) is 18.5 Å². The number of ether oxygens (including phenoxy) is 2. The molecule has 0 aliphatic carbocycles. The van der Waals surface area contributed by atoms with E-state index in [4.69, 9.17) is 9.47 Å². The molecule has 98 valence electrons. The van der Waals surface area contributed by atoms with Crippen molar-refractivity contribution in [2.75, 3.05) is 0 Å². The monoisotopic (exact) mass is 366 g/mol. The first-order valence-corrected chi connectivity index (χ1v) is 7.44. The highest BCUT2D eigenvalue weighted by Gasteiger charge is 2.35. The van der Waals surface area contributed by atoms with Crippen LogP contribution in [0.2, 0.25) is 0 Å². The molecule has 19 heavy (non-hydrogen) atoms. The van der Waals surface area contributed by atoms with Gasteiger partial charge in [-0.3, -0.25) is 0 Å². The van der Waals surface area contributed by atoms with Gasteiger partial charge >= 0.3 is 0 Å². The fourth-order valence-corrected chi connectivity index (χ4v) is 3.04. The van der Waals surface area contributed by atoms with E-state index in [1.165, 1.54) is 9.13 Å². The molecule has 1 aliphatic rings. The van der Waals surface area contributed by atoms with E-state index in [2.05, 4.69) is 41.6 Å². The Kier molecular flexibility index (Phi) is 3.86. The molecule has 3 atom stereocenters. The van der Waals surface area contributed by atoms with Crippen LogP contribution < -0.4 is 0 Å². The molecule has 0 saturated carbocycles. The maximum atomic E-state index is 6.10. The smallest absolute Gasteiger partial charge is 0.185 e. The van der Waals surface area contributed by atoms with Gasteiger partial charge in [-0.1, -0.05) is 48.5 Å². The predicted octanol–water partition coefficient (Wildman–Crippen LogP) is 4.47. The highest BCUT2D eigenvalue weighted by atomic mass is 127. The van der Waals surface area contributed by atoms with Crippen molar-refractivity contribution in [1.29, 1.82) is 0 Å². The summed E-state index contributed by atoms with van der Waals surface area (Å²) in [6, 6.07) is 18.4. The fourth-order valence-electron chi connectivity index (χ4n) is 2.34. The van der Waals surface area contributed by atoms with Crippen molar-refractivity contribution >= 4 is 22.6 Å². The second-order valence-corrected chi connectivity index (χ2v) is 5.82. The van der Waals surface area contributed by atoms with Gasteiger partial charge < -0.3 is 9.47 Å². The van der Waals surface area contributed by atoms with Crippen LogP contribution in [0.4, 0.5) is 0 Å². The summed E-state index contributed by atoms with van der Waals surface area (Å²) in [4.78, 5) is 0. The molecule has 1 unspecified atom stereocenters. The van der Waals surface area contributed by atoms with Gasteiger partial charge in [0.25, 0.3) is 0 Å². The van der Waals surface area contributed by atoms with Gasteiger partial charge in [0, 0.05) is 9.13 Å². The van der Waals surface area contributed by atoms with Gasteiger partial charge in [-0.2, -0.15) is 0 Å². The fraction of sp³-hybridized carbons (Fsp3) is 0.250. The summed E-state index contributed by atoms with van der Waals surface area (Å²) in [5.41, 5.74) is 2.27. The Morgan fingerprint density at radius 3 is 2.32 bits per heavy atom. The Balaban J connectivity index is 1.85. The third kappa shape index (κ3) is 2.68. The third-order valence-electron chi connectivity index (χ3n) is 3.32. The van der Waals surface area contributed by atoms with Gasteiger partial charge in [-0.05, 0) is 41.1 Å². The molecule has 0 spiro atoms. The average molecular weight is 366 g/mol. The Morgan fingerprint density at radius 1 is 0.895 bits per heavy atom. The van der Waals surface area contributed by atoms with E-state index in [0.717, 1.165) is 5.56 Å². The summed E-state index contributed by atoms with van der Waals surface area (Å²) in [5.74, 6) is 0. The van der Waals surface area contributed by atoms with Crippen molar-refractivity contribution in [1.82, 2.24) is 0 Å². The molecule has 1 heterocycles. The molecule has 0 bridgehead atoms. The van der Waals surface area contributed by atoms with Crippen LogP contribution in [0.1, 0.15) is 30.4 Å². The first-order valence-electron chi connectivity index (χ1n) is 6.36. The minimum Gasteiger partial charge on any atom is -0.342 e. The van der Waals surface area contributed by atoms with E-state index < -0.39 is 0 Å². The van der Waals surface area contributed by atoms with E-state index >= 15 is 0 Å². The molecule has 1 saturated heterocycles. The lowest BCUT2D eigenvalue weighted by Crippen LogP contribution is -2.11. The number of rotatable bonds is 2. The maximum absolute atomic E-state index is 6.10. The predicted molar refractivity (Wildman–Crippen MR) is 82.7 cm³/mol. The summed E-state index contributed by atoms with van der Waals surface area (Å²) >= 11 is 2.35. The maximum Gasteiger partial charge on any atom is 0.185 e. The molecule has 3 rings (SSSR count). The van der Waals surface area contributed by atoms with Crippen LogP contribution in [0.5, 0.6) is 0 Å². The van der Waals surface area contributed by atoms with Gasteiger partial charge in [0.05, 0.1) is 6.10 Å². The normalized spacial score (nSPS) is 26.5. The number of hydrogen-bond donors (Lipinski definition) is 0. The number of hydrogen-bond acceptors (Lipinski definition) is 2. The zero-order valence-corrected chi connectivity index (χ0v) is 12.8. The van der Waals surface area contributed by atoms with Crippen LogP contribution >= 0.6 is 22.6 Å². The van der Waals surface area contributed by atoms with Gasteiger partial charge in [0.15, 0.2) is 6.29 Å². The third-order valence-corrected chi connectivity index (χ3v) is 4.30. The molecule has 0 amide bonds. The van der Waals surface area contributed by atoms with Gasteiger partial charge in [-0.15, -0.1) is 0 Å². The minimum absolute atomic E-state index is 0.00157. The van der Waals surface area contributed by atoms with E-state index in [-0.39, 0.29) is 18.5 Å². The van der Waals surface area contributed by atoms with Crippen LogP contribution in [0.3, 0.4) is 0 Å². The largest absolute Gasteiger partial charge is 0.342 e. The Hall–Kier alpha value is -0.910. The Bertz CT molecular complexity index is 556. The van der Waals surface area contributed by atoms with Gasteiger partial charge in [0.2, 0.25) is 0 Å². The van der Waals surface area contributed by atoms with E-state index in [0.29, 0.717) is 0 Å². The van der Waals surface area contributed by atoms with Crippen molar-refractivity contribution in [2.45, 2.75) is 25.4 Å². The molecule has 2 nitrogen and oxygen atoms in total. The lowest BCUT2D eigenvalue weighted by molar-refractivity contribution is -0.0677. The molecule has 0 aromatic heterocycles. The van der Waals surface area contributed by atoms with Crippen LogP contribution in [0.25, 0.3) is 0 Å². The standard InChI is InChI=1S/C16H15IO2/c1-11-15(13-9-5-6-10-14(13)17)19-16(18-11)12-7-3-2-4-8-12/h2-11,15-16H,1H3/t11-,15+,16?/m0/s1. The van der Waals surface area contributed by atoms with Gasteiger partial charge in [0.1, 0.15) is 6.10 Å². The summed E-state index contributed by atoms with van der Waals surface area (Å²) in [6.07, 6.45) is -0.211. The molecule has 1 aliphatic heterocycles. The Morgan fingerprint density at radius 2 is 1.58 bits per heavy atom. The van der Waals surface area contributed by atoms with Crippen LogP contribution in [0, 0.1) is 3.57 Å². The van der Waals surface area contributed by atoms with Crippen molar-refractivity contribution in [3.63, 3.8) is 0 Å². The van der Waals surface area contributed by atoms with E-state index in [1.54, 1.807) is 0 Å². The summed E-state index contributed by atoms with van der Waals surface area (Å²) in [5, 5.41) is 0. The molecule has 0 radical (unpaired) electrons. The zero-order valence-electron chi connectivity index (χ0n) is 10.6. The molecule has 3 heteroatoms. The van der Waals surface area contributed by atoms with Crippen LogP contribution in [0.15, 0.2) is 54.6 Å². The quantitative estimate of drug-likeness (QED) is 0.731. The van der Waals surface area contributed by atoms with Crippen molar-refractivity contribution in [2.24, 2.45) is 0 Å². The van der Waals surface area contributed by atoms with Crippen LogP contribution in [-0.2, 0) is 9.47 Å². The first kappa shape index (κ1) is 13.1. The second-order valence-electron chi connectivity index (χ2n) is 4.66. The minimum atomic E-state index is -0.266. The lowest BCUT2D eigenvalue weighted by atomic mass is 10.1. The highest BCUT2D eigenvalue weighted by Crippen LogP contribution is 2.40. The van der Waals surface area contributed by atoms with E-state index in [1.807, 2.05) is 42.5 Å². The zero-order chi connectivity index (χ0) is 13.2. The van der Waals surface area contributed by atoms with E-state index in [9.17, 15) is 0 Å². The van der Waals surface area contributed by atoms with Crippen molar-refractivity contribution in [3.05, 3.63) is 69.3 Å². The molecular formula is C16H15IO2. The van der Waals surface area contributed by atoms with Crippen molar-refractivity contribution in [3.8, 4) is 0 Å². The number of halogens is 1. The Labute approximate surface area is 126 Å². The summed E-state index contributed by atoms with van der Waals surface area (Å²) in [6.45, 7) is 2.07. The average Bonchev–Trinajstić information content (AvgIpc) is 2.82. The first-order chi connectivity index (χ1) is 9.25. The molecule has 2 aromatic carbocycles. The summed E-state index contributed by atoms with van der Waals surface area (Å²) in [7, 11) is 0. The second kappa shape index (κ2) is 5.61. The lowest BCUT2D eigenvalue weighted by Gasteiger charge is -2.14. The SMILES string of the molecule is C[C@@H]1OC(c2ccccc2)O[C@H]1c1ccccc1I. The molecule has 1 fully saturated rings. The highest BCUT2D eigenvalue weighted by molar-refractivity contribution is 14.1. The summed E-state index contributed by atoms with van der Waals surface area (Å²) < 4.78 is 13.3. The van der Waals surface area contributed by atoms with Gasteiger partial charge in [-0.25, -0.2) is 0 Å². The van der Waals surface area contributed by atoms with Crippen LogP contribution in [-0.4, -0.2) is 6.10 Å². The molecule has 0 N–H and O–H groups in total. The van der Waals surface area contributed by atoms with Crippen molar-refractivity contribution < 1.29 is 9.47 Å². The molecular weight excluding hydrogens is 351 g/mol. The number of benzene rings is 2. The molecule has 2 aromatic rings.